The molecule has 0 saturated heterocycles. The smallest absolute Gasteiger partial charge is 0.261 e. The normalized spacial score (nSPS) is 10.6. The maximum atomic E-state index is 11.8. The Bertz CT molecular complexity index is 748. The topological polar surface area (TPSA) is 68.0 Å². The zero-order valence-corrected chi connectivity index (χ0v) is 12.9. The Kier molecular flexibility index (Phi) is 4.29. The van der Waals surface area contributed by atoms with Crippen molar-refractivity contribution in [3.05, 3.63) is 58.1 Å². The Labute approximate surface area is 132 Å². The average Bonchev–Trinajstić information content (AvgIpc) is 3.19. The lowest BCUT2D eigenvalue weighted by molar-refractivity contribution is 0.0957. The van der Waals surface area contributed by atoms with Gasteiger partial charge in [0.1, 0.15) is 0 Å². The number of aromatic nitrogens is 2. The third-order valence-electron chi connectivity index (χ3n) is 3.13. The highest BCUT2D eigenvalue weighted by Gasteiger charge is 2.10. The molecule has 0 saturated carbocycles. The average molecular weight is 313 g/mol. The number of nitrogens with zero attached hydrogens (tertiary/aromatic N) is 2. The molecule has 2 heterocycles. The minimum Gasteiger partial charge on any atom is -0.421 e. The molecule has 0 spiro atoms. The summed E-state index contributed by atoms with van der Waals surface area (Å²) >= 11 is 1.42. The van der Waals surface area contributed by atoms with Crippen LogP contribution in [-0.4, -0.2) is 22.6 Å². The first-order valence-electron chi connectivity index (χ1n) is 6.93. The van der Waals surface area contributed by atoms with E-state index in [9.17, 15) is 4.79 Å². The van der Waals surface area contributed by atoms with Crippen LogP contribution < -0.4 is 5.32 Å². The van der Waals surface area contributed by atoms with Crippen molar-refractivity contribution >= 4 is 17.2 Å². The zero-order valence-electron chi connectivity index (χ0n) is 12.1. The predicted molar refractivity (Wildman–Crippen MR) is 84.8 cm³/mol. The fourth-order valence-electron chi connectivity index (χ4n) is 1.95. The Balaban J connectivity index is 1.56. The van der Waals surface area contributed by atoms with Gasteiger partial charge in [-0.05, 0) is 30.5 Å². The summed E-state index contributed by atoms with van der Waals surface area (Å²) in [6, 6.07) is 11.5. The Hall–Kier alpha value is -2.47. The monoisotopic (exact) mass is 313 g/mol. The van der Waals surface area contributed by atoms with Crippen LogP contribution in [0, 0.1) is 6.92 Å². The Morgan fingerprint density at radius 3 is 2.77 bits per heavy atom. The number of hydrogen-bond donors (Lipinski definition) is 1. The molecule has 0 bridgehead atoms. The van der Waals surface area contributed by atoms with Crippen LogP contribution in [0.5, 0.6) is 0 Å². The first-order valence-corrected chi connectivity index (χ1v) is 7.81. The predicted octanol–water partition coefficient (Wildman–Crippen LogP) is 3.08. The van der Waals surface area contributed by atoms with Crippen LogP contribution in [0.4, 0.5) is 0 Å². The van der Waals surface area contributed by atoms with Crippen molar-refractivity contribution in [1.82, 2.24) is 15.5 Å². The molecule has 22 heavy (non-hydrogen) atoms. The van der Waals surface area contributed by atoms with Crippen molar-refractivity contribution in [2.75, 3.05) is 6.54 Å². The van der Waals surface area contributed by atoms with Gasteiger partial charge in [0.2, 0.25) is 11.8 Å². The molecule has 0 unspecified atom stereocenters. The molecule has 1 aromatic carbocycles. The maximum absolute atomic E-state index is 11.8. The van der Waals surface area contributed by atoms with Gasteiger partial charge in [0.25, 0.3) is 5.91 Å². The minimum absolute atomic E-state index is 0.0757. The minimum atomic E-state index is -0.0757. The Morgan fingerprint density at radius 2 is 2.05 bits per heavy atom. The van der Waals surface area contributed by atoms with Crippen molar-refractivity contribution in [2.45, 2.75) is 13.3 Å². The lowest BCUT2D eigenvalue weighted by Crippen LogP contribution is -2.24. The van der Waals surface area contributed by atoms with E-state index >= 15 is 0 Å². The molecule has 0 fully saturated rings. The summed E-state index contributed by atoms with van der Waals surface area (Å²) < 4.78 is 5.61. The van der Waals surface area contributed by atoms with Gasteiger partial charge in [-0.25, -0.2) is 0 Å². The fourth-order valence-corrected chi connectivity index (χ4v) is 2.59. The van der Waals surface area contributed by atoms with Crippen molar-refractivity contribution in [3.63, 3.8) is 0 Å². The number of nitrogens with one attached hydrogen (secondary N) is 1. The number of benzene rings is 1. The molecule has 1 N–H and O–H groups in total. The summed E-state index contributed by atoms with van der Waals surface area (Å²) in [6.07, 6.45) is 0.510. The van der Waals surface area contributed by atoms with E-state index in [4.69, 9.17) is 4.42 Å². The molecular weight excluding hydrogens is 298 g/mol. The number of hydrogen-bond acceptors (Lipinski definition) is 5. The summed E-state index contributed by atoms with van der Waals surface area (Å²) in [4.78, 5) is 12.5. The molecule has 6 heteroatoms. The highest BCUT2D eigenvalue weighted by Crippen LogP contribution is 2.18. The summed E-state index contributed by atoms with van der Waals surface area (Å²) in [5.74, 6) is 0.940. The first kappa shape index (κ1) is 14.5. The zero-order chi connectivity index (χ0) is 15.4. The van der Waals surface area contributed by atoms with Gasteiger partial charge >= 0.3 is 0 Å². The highest BCUT2D eigenvalue weighted by molar-refractivity contribution is 7.12. The van der Waals surface area contributed by atoms with E-state index in [1.807, 2.05) is 42.6 Å². The van der Waals surface area contributed by atoms with Crippen LogP contribution in [0.2, 0.25) is 0 Å². The van der Waals surface area contributed by atoms with Crippen LogP contribution >= 0.6 is 11.3 Å². The van der Waals surface area contributed by atoms with Crippen LogP contribution in [-0.2, 0) is 6.42 Å². The van der Waals surface area contributed by atoms with Gasteiger partial charge in [-0.3, -0.25) is 4.79 Å². The molecule has 2 aromatic heterocycles. The maximum Gasteiger partial charge on any atom is 0.261 e. The van der Waals surface area contributed by atoms with Gasteiger partial charge < -0.3 is 9.73 Å². The molecule has 3 aromatic rings. The molecule has 0 aliphatic heterocycles. The van der Waals surface area contributed by atoms with E-state index in [1.54, 1.807) is 6.07 Å². The molecule has 0 radical (unpaired) electrons. The number of thiophene rings is 1. The van der Waals surface area contributed by atoms with Gasteiger partial charge in [-0.1, -0.05) is 23.8 Å². The number of carbonyl (C=O) groups is 1. The van der Waals surface area contributed by atoms with Crippen molar-refractivity contribution < 1.29 is 9.21 Å². The van der Waals surface area contributed by atoms with Gasteiger partial charge in [0.15, 0.2) is 0 Å². The standard InChI is InChI=1S/C16H15N3O2S/c1-11-4-6-12(7-5-11)16-19-18-14(21-16)8-9-17-15(20)13-3-2-10-22-13/h2-7,10H,8-9H2,1H3,(H,17,20). The third-order valence-corrected chi connectivity index (χ3v) is 4.00. The first-order chi connectivity index (χ1) is 10.7. The second kappa shape index (κ2) is 6.53. The van der Waals surface area contributed by atoms with E-state index in [0.29, 0.717) is 29.6 Å². The van der Waals surface area contributed by atoms with Crippen LogP contribution in [0.1, 0.15) is 21.1 Å². The summed E-state index contributed by atoms with van der Waals surface area (Å²) in [6.45, 7) is 2.49. The molecule has 0 aliphatic carbocycles. The van der Waals surface area contributed by atoms with Crippen molar-refractivity contribution in [2.24, 2.45) is 0 Å². The van der Waals surface area contributed by atoms with Crippen molar-refractivity contribution in [3.8, 4) is 11.5 Å². The van der Waals surface area contributed by atoms with E-state index in [-0.39, 0.29) is 5.91 Å². The molecule has 1 amide bonds. The molecule has 0 atom stereocenters. The van der Waals surface area contributed by atoms with Crippen LogP contribution in [0.3, 0.4) is 0 Å². The number of aryl methyl sites for hydroxylation is 1. The van der Waals surface area contributed by atoms with Crippen LogP contribution in [0.25, 0.3) is 11.5 Å². The second-order valence-electron chi connectivity index (χ2n) is 4.85. The largest absolute Gasteiger partial charge is 0.421 e. The van der Waals surface area contributed by atoms with Gasteiger partial charge in [0, 0.05) is 18.5 Å². The lowest BCUT2D eigenvalue weighted by atomic mass is 10.1. The number of amides is 1. The Morgan fingerprint density at radius 1 is 1.23 bits per heavy atom. The van der Waals surface area contributed by atoms with E-state index in [0.717, 1.165) is 5.56 Å². The molecule has 5 nitrogen and oxygen atoms in total. The third kappa shape index (κ3) is 3.40. The van der Waals surface area contributed by atoms with Gasteiger partial charge in [-0.15, -0.1) is 21.5 Å². The lowest BCUT2D eigenvalue weighted by Gasteiger charge is -2.00. The van der Waals surface area contributed by atoms with E-state index < -0.39 is 0 Å². The van der Waals surface area contributed by atoms with Crippen LogP contribution in [0.15, 0.2) is 46.2 Å². The summed E-state index contributed by atoms with van der Waals surface area (Å²) in [5, 5.41) is 12.8. The molecule has 3 rings (SSSR count). The van der Waals surface area contributed by atoms with Crippen molar-refractivity contribution in [1.29, 1.82) is 0 Å². The molecular formula is C16H15N3O2S. The van der Waals surface area contributed by atoms with E-state index in [1.165, 1.54) is 16.9 Å². The number of carbonyl (C=O) groups excluding carboxylic acids is 1. The highest BCUT2D eigenvalue weighted by atomic mass is 32.1. The van der Waals surface area contributed by atoms with Gasteiger partial charge in [0.05, 0.1) is 4.88 Å². The van der Waals surface area contributed by atoms with E-state index in [2.05, 4.69) is 15.5 Å². The second-order valence-corrected chi connectivity index (χ2v) is 5.80. The molecule has 0 aliphatic rings. The van der Waals surface area contributed by atoms with Gasteiger partial charge in [-0.2, -0.15) is 0 Å². The fraction of sp³-hybridized carbons (Fsp3) is 0.188. The quantitative estimate of drug-likeness (QED) is 0.786. The number of rotatable bonds is 5. The summed E-state index contributed by atoms with van der Waals surface area (Å²) in [5.41, 5.74) is 2.08. The SMILES string of the molecule is Cc1ccc(-c2nnc(CCNC(=O)c3cccs3)o2)cc1. The molecule has 112 valence electrons. The summed E-state index contributed by atoms with van der Waals surface area (Å²) in [7, 11) is 0.